The second-order valence-electron chi connectivity index (χ2n) is 6.73. The van der Waals surface area contributed by atoms with Crippen LogP contribution in [0.25, 0.3) is 11.5 Å². The molecule has 0 radical (unpaired) electrons. The van der Waals surface area contributed by atoms with E-state index in [1.165, 1.54) is 6.07 Å². The van der Waals surface area contributed by atoms with Gasteiger partial charge in [-0.25, -0.2) is 4.39 Å². The Labute approximate surface area is 163 Å². The number of anilines is 1. The fourth-order valence-corrected chi connectivity index (χ4v) is 3.07. The van der Waals surface area contributed by atoms with Crippen molar-refractivity contribution in [1.29, 1.82) is 0 Å². The summed E-state index contributed by atoms with van der Waals surface area (Å²) in [6, 6.07) is 22.1. The fraction of sp³-hybridized carbons (Fsp3) is 0.130. The van der Waals surface area contributed by atoms with Crippen LogP contribution < -0.4 is 5.32 Å². The van der Waals surface area contributed by atoms with E-state index >= 15 is 0 Å². The van der Waals surface area contributed by atoms with Crippen LogP contribution in [0.4, 0.5) is 10.1 Å². The van der Waals surface area contributed by atoms with E-state index in [9.17, 15) is 4.39 Å². The molecule has 0 fully saturated rings. The molecule has 28 heavy (non-hydrogen) atoms. The second-order valence-corrected chi connectivity index (χ2v) is 6.73. The van der Waals surface area contributed by atoms with Crippen LogP contribution in [-0.4, -0.2) is 10.2 Å². The van der Waals surface area contributed by atoms with Crippen LogP contribution in [0.5, 0.6) is 0 Å². The normalized spacial score (nSPS) is 12.0. The van der Waals surface area contributed by atoms with E-state index in [4.69, 9.17) is 4.42 Å². The van der Waals surface area contributed by atoms with Crippen molar-refractivity contribution in [3.05, 3.63) is 101 Å². The van der Waals surface area contributed by atoms with Gasteiger partial charge in [0.25, 0.3) is 5.89 Å². The van der Waals surface area contributed by atoms with Gasteiger partial charge in [0, 0.05) is 5.69 Å². The van der Waals surface area contributed by atoms with Gasteiger partial charge in [0.15, 0.2) is 0 Å². The highest BCUT2D eigenvalue weighted by molar-refractivity contribution is 5.56. The molecule has 4 aromatic rings. The van der Waals surface area contributed by atoms with Crippen molar-refractivity contribution in [3.63, 3.8) is 0 Å². The van der Waals surface area contributed by atoms with Crippen LogP contribution in [-0.2, 0) is 0 Å². The molecule has 0 spiro atoms. The van der Waals surface area contributed by atoms with E-state index in [2.05, 4.69) is 33.7 Å². The van der Waals surface area contributed by atoms with Crippen LogP contribution in [0.1, 0.15) is 28.6 Å². The van der Waals surface area contributed by atoms with Crippen LogP contribution in [0, 0.1) is 19.7 Å². The molecule has 5 heteroatoms. The lowest BCUT2D eigenvalue weighted by atomic mass is 10.0. The summed E-state index contributed by atoms with van der Waals surface area (Å²) in [6.07, 6.45) is 0. The zero-order valence-corrected chi connectivity index (χ0v) is 15.7. The molecule has 1 aromatic heterocycles. The van der Waals surface area contributed by atoms with Gasteiger partial charge in [-0.2, -0.15) is 0 Å². The molecule has 0 saturated carbocycles. The predicted molar refractivity (Wildman–Crippen MR) is 108 cm³/mol. The van der Waals surface area contributed by atoms with Gasteiger partial charge in [-0.05, 0) is 48.7 Å². The van der Waals surface area contributed by atoms with E-state index in [0.717, 1.165) is 22.4 Å². The fourth-order valence-electron chi connectivity index (χ4n) is 3.07. The summed E-state index contributed by atoms with van der Waals surface area (Å²) >= 11 is 0. The van der Waals surface area contributed by atoms with E-state index < -0.39 is 5.82 Å². The number of hydrogen-bond donors (Lipinski definition) is 1. The first-order chi connectivity index (χ1) is 13.6. The Morgan fingerprint density at radius 2 is 1.64 bits per heavy atom. The maximum atomic E-state index is 14.1. The van der Waals surface area contributed by atoms with Crippen molar-refractivity contribution in [2.24, 2.45) is 0 Å². The lowest BCUT2D eigenvalue weighted by Gasteiger charge is -2.19. The predicted octanol–water partition coefficient (Wildman–Crippen LogP) is 5.69. The van der Waals surface area contributed by atoms with E-state index in [1.807, 2.05) is 44.2 Å². The summed E-state index contributed by atoms with van der Waals surface area (Å²) in [4.78, 5) is 0. The molecule has 0 amide bonds. The lowest BCUT2D eigenvalue weighted by molar-refractivity contribution is 0.490. The van der Waals surface area contributed by atoms with E-state index in [1.54, 1.807) is 18.2 Å². The summed E-state index contributed by atoms with van der Waals surface area (Å²) in [5.74, 6) is 0.151. The number of benzene rings is 3. The number of nitrogens with one attached hydrogen (secondary N) is 1. The quantitative estimate of drug-likeness (QED) is 0.488. The topological polar surface area (TPSA) is 51.0 Å². The summed E-state index contributed by atoms with van der Waals surface area (Å²) < 4.78 is 20.0. The van der Waals surface area contributed by atoms with Gasteiger partial charge < -0.3 is 9.73 Å². The molecule has 0 saturated heterocycles. The minimum Gasteiger partial charge on any atom is -0.418 e. The van der Waals surface area contributed by atoms with E-state index in [-0.39, 0.29) is 11.9 Å². The molecule has 0 bridgehead atoms. The molecular formula is C23H20FN3O. The standard InChI is InChI=1S/C23H20FN3O/c1-15-12-13-16(2)20(14-15)25-21(17-8-4-3-5-9-17)23-27-26-22(28-23)18-10-6-7-11-19(18)24/h3-14,21,25H,1-2H3/t21-/m0/s1. The third-order valence-corrected chi connectivity index (χ3v) is 4.62. The molecule has 1 atom stereocenters. The summed E-state index contributed by atoms with van der Waals surface area (Å²) in [5, 5.41) is 11.8. The van der Waals surface area contributed by atoms with Crippen molar-refractivity contribution in [2.75, 3.05) is 5.32 Å². The Balaban J connectivity index is 1.75. The Kier molecular flexibility index (Phi) is 4.89. The summed E-state index contributed by atoms with van der Waals surface area (Å²) in [7, 11) is 0. The Morgan fingerprint density at radius 3 is 2.43 bits per heavy atom. The molecule has 3 aromatic carbocycles. The van der Waals surface area contributed by atoms with Gasteiger partial charge in [0.05, 0.1) is 5.56 Å². The van der Waals surface area contributed by atoms with Crippen LogP contribution in [0.2, 0.25) is 0 Å². The van der Waals surface area contributed by atoms with Crippen molar-refractivity contribution in [1.82, 2.24) is 10.2 Å². The van der Waals surface area contributed by atoms with E-state index in [0.29, 0.717) is 11.5 Å². The SMILES string of the molecule is Cc1ccc(C)c(N[C@@H](c2ccccc2)c2nnc(-c3ccccc3F)o2)c1. The molecule has 0 unspecified atom stereocenters. The van der Waals surface area contributed by atoms with Gasteiger partial charge >= 0.3 is 0 Å². The van der Waals surface area contributed by atoms with Gasteiger partial charge in [0.1, 0.15) is 11.9 Å². The minimum absolute atomic E-state index is 0.164. The first-order valence-electron chi connectivity index (χ1n) is 9.09. The lowest BCUT2D eigenvalue weighted by Crippen LogP contribution is -2.13. The van der Waals surface area contributed by atoms with Crippen molar-refractivity contribution >= 4 is 5.69 Å². The third-order valence-electron chi connectivity index (χ3n) is 4.62. The summed E-state index contributed by atoms with van der Waals surface area (Å²) in [6.45, 7) is 4.09. The number of halogens is 1. The Bertz CT molecular complexity index is 1090. The van der Waals surface area contributed by atoms with Crippen LogP contribution in [0.15, 0.2) is 77.2 Å². The average molecular weight is 373 g/mol. The second kappa shape index (κ2) is 7.64. The average Bonchev–Trinajstić information content (AvgIpc) is 3.19. The number of hydrogen-bond acceptors (Lipinski definition) is 4. The molecule has 1 N–H and O–H groups in total. The molecule has 4 rings (SSSR count). The molecule has 1 heterocycles. The number of aromatic nitrogens is 2. The summed E-state index contributed by atoms with van der Waals surface area (Å²) in [5.41, 5.74) is 4.52. The Morgan fingerprint density at radius 1 is 0.893 bits per heavy atom. The zero-order chi connectivity index (χ0) is 19.5. The monoisotopic (exact) mass is 373 g/mol. The molecule has 0 aliphatic heterocycles. The van der Waals surface area contributed by atoms with Crippen molar-refractivity contribution < 1.29 is 8.81 Å². The van der Waals surface area contributed by atoms with Gasteiger partial charge in [-0.3, -0.25) is 0 Å². The van der Waals surface area contributed by atoms with Gasteiger partial charge in [-0.1, -0.05) is 54.6 Å². The van der Waals surface area contributed by atoms with Crippen LogP contribution in [0.3, 0.4) is 0 Å². The van der Waals surface area contributed by atoms with Crippen LogP contribution >= 0.6 is 0 Å². The third kappa shape index (κ3) is 3.64. The molecule has 0 aliphatic rings. The first kappa shape index (κ1) is 17.9. The first-order valence-corrected chi connectivity index (χ1v) is 9.09. The highest BCUT2D eigenvalue weighted by atomic mass is 19.1. The highest BCUT2D eigenvalue weighted by Crippen LogP contribution is 2.30. The smallest absolute Gasteiger partial charge is 0.250 e. The minimum atomic E-state index is -0.392. The molecule has 140 valence electrons. The van der Waals surface area contributed by atoms with Crippen molar-refractivity contribution in [2.45, 2.75) is 19.9 Å². The van der Waals surface area contributed by atoms with Gasteiger partial charge in [0.2, 0.25) is 5.89 Å². The Hall–Kier alpha value is -3.47. The largest absolute Gasteiger partial charge is 0.418 e. The highest BCUT2D eigenvalue weighted by Gasteiger charge is 2.23. The van der Waals surface area contributed by atoms with Crippen molar-refractivity contribution in [3.8, 4) is 11.5 Å². The van der Waals surface area contributed by atoms with Gasteiger partial charge in [-0.15, -0.1) is 10.2 Å². The molecule has 0 aliphatic carbocycles. The zero-order valence-electron chi connectivity index (χ0n) is 15.7. The maximum absolute atomic E-state index is 14.1. The number of aryl methyl sites for hydroxylation is 2. The molecule has 4 nitrogen and oxygen atoms in total. The number of nitrogens with zero attached hydrogens (tertiary/aromatic N) is 2. The molecular weight excluding hydrogens is 353 g/mol. The number of rotatable bonds is 5. The maximum Gasteiger partial charge on any atom is 0.250 e.